The first-order chi connectivity index (χ1) is 14.5. The van der Waals surface area contributed by atoms with Gasteiger partial charge in [0.2, 0.25) is 0 Å². The third kappa shape index (κ3) is 6.38. The van der Waals surface area contributed by atoms with E-state index in [1.165, 1.54) is 44.1 Å². The number of carbonyl (C=O) groups is 1. The standard InChI is InChI=1S/C25H33NO4/c1-4-5-6-7-8-9-12-19-15-16-21(26-17-19)20-13-10-11-14-22(20)29-24(27)23-18-28-25(2,3)30-23/h10-11,13-17,23H,4-9,12,18H2,1-3H3. The molecule has 1 aromatic carbocycles. The minimum absolute atomic E-state index is 0.194. The molecule has 0 spiro atoms. The molecule has 1 fully saturated rings. The number of para-hydroxylation sites is 1. The van der Waals surface area contributed by atoms with Crippen LogP contribution in [0.1, 0.15) is 64.9 Å². The van der Waals surface area contributed by atoms with Crippen LogP contribution in [0.5, 0.6) is 5.75 Å². The molecule has 0 saturated carbocycles. The lowest BCUT2D eigenvalue weighted by atomic mass is 10.0. The van der Waals surface area contributed by atoms with Gasteiger partial charge in [-0.1, -0.05) is 57.2 Å². The summed E-state index contributed by atoms with van der Waals surface area (Å²) in [5.74, 6) is -0.740. The second kappa shape index (κ2) is 10.7. The average Bonchev–Trinajstić information content (AvgIpc) is 3.11. The molecule has 0 bridgehead atoms. The molecular weight excluding hydrogens is 378 g/mol. The Balaban J connectivity index is 1.59. The van der Waals surface area contributed by atoms with Gasteiger partial charge in [-0.2, -0.15) is 0 Å². The number of esters is 1. The Hall–Kier alpha value is -2.24. The number of hydrogen-bond donors (Lipinski definition) is 0. The summed E-state index contributed by atoms with van der Waals surface area (Å²) in [7, 11) is 0. The molecule has 1 aliphatic heterocycles. The molecule has 30 heavy (non-hydrogen) atoms. The van der Waals surface area contributed by atoms with Crippen LogP contribution in [0.15, 0.2) is 42.6 Å². The van der Waals surface area contributed by atoms with Crippen molar-refractivity contribution in [3.05, 3.63) is 48.2 Å². The molecule has 0 radical (unpaired) electrons. The maximum absolute atomic E-state index is 12.5. The SMILES string of the molecule is CCCCCCCCc1ccc(-c2ccccc2OC(=O)C2COC(C)(C)O2)nc1. The third-order valence-electron chi connectivity index (χ3n) is 5.29. The average molecular weight is 412 g/mol. The molecule has 0 aliphatic carbocycles. The van der Waals surface area contributed by atoms with Crippen LogP contribution in [0.25, 0.3) is 11.3 Å². The number of carbonyl (C=O) groups excluding carboxylic acids is 1. The van der Waals surface area contributed by atoms with Crippen LogP contribution in [-0.4, -0.2) is 29.5 Å². The highest BCUT2D eigenvalue weighted by Gasteiger charge is 2.38. The Morgan fingerprint density at radius 2 is 1.87 bits per heavy atom. The van der Waals surface area contributed by atoms with Crippen molar-refractivity contribution < 1.29 is 19.0 Å². The zero-order valence-corrected chi connectivity index (χ0v) is 18.4. The van der Waals surface area contributed by atoms with E-state index in [9.17, 15) is 4.79 Å². The number of aromatic nitrogens is 1. The normalized spacial score (nSPS) is 17.8. The first-order valence-corrected chi connectivity index (χ1v) is 11.1. The highest BCUT2D eigenvalue weighted by atomic mass is 16.8. The number of aryl methyl sites for hydroxylation is 1. The quantitative estimate of drug-likeness (QED) is 0.285. The second-order valence-corrected chi connectivity index (χ2v) is 8.30. The van der Waals surface area contributed by atoms with Crippen molar-refractivity contribution in [2.75, 3.05) is 6.61 Å². The zero-order chi connectivity index (χ0) is 21.4. The monoisotopic (exact) mass is 411 g/mol. The van der Waals surface area contributed by atoms with E-state index in [1.54, 1.807) is 19.9 Å². The molecule has 3 rings (SSSR count). The minimum Gasteiger partial charge on any atom is -0.424 e. The van der Waals surface area contributed by atoms with Gasteiger partial charge in [0.25, 0.3) is 0 Å². The van der Waals surface area contributed by atoms with Crippen molar-refractivity contribution >= 4 is 5.97 Å². The summed E-state index contributed by atoms with van der Waals surface area (Å²) in [6.07, 6.45) is 9.97. The van der Waals surface area contributed by atoms with Gasteiger partial charge in [-0.25, -0.2) is 4.79 Å². The van der Waals surface area contributed by atoms with Gasteiger partial charge >= 0.3 is 5.97 Å². The number of nitrogens with zero attached hydrogens (tertiary/aromatic N) is 1. The lowest BCUT2D eigenvalue weighted by molar-refractivity contribution is -0.162. The van der Waals surface area contributed by atoms with Gasteiger partial charge in [0, 0.05) is 11.8 Å². The predicted molar refractivity (Wildman–Crippen MR) is 117 cm³/mol. The Labute approximate surface area is 179 Å². The van der Waals surface area contributed by atoms with Crippen LogP contribution in [0.2, 0.25) is 0 Å². The van der Waals surface area contributed by atoms with Crippen molar-refractivity contribution in [3.63, 3.8) is 0 Å². The molecule has 1 atom stereocenters. The Morgan fingerprint density at radius 1 is 1.10 bits per heavy atom. The first-order valence-electron chi connectivity index (χ1n) is 11.1. The van der Waals surface area contributed by atoms with E-state index in [0.717, 1.165) is 17.7 Å². The summed E-state index contributed by atoms with van der Waals surface area (Å²) in [4.78, 5) is 17.1. The summed E-state index contributed by atoms with van der Waals surface area (Å²) in [5.41, 5.74) is 2.81. The predicted octanol–water partition coefficient (Wildman–Crippen LogP) is 5.71. The minimum atomic E-state index is -0.767. The first kappa shape index (κ1) is 22.4. The molecule has 2 heterocycles. The van der Waals surface area contributed by atoms with Gasteiger partial charge in [0.1, 0.15) is 5.75 Å². The Kier molecular flexibility index (Phi) is 8.00. The van der Waals surface area contributed by atoms with E-state index in [1.807, 2.05) is 30.5 Å². The fourth-order valence-corrected chi connectivity index (χ4v) is 3.59. The van der Waals surface area contributed by atoms with E-state index in [2.05, 4.69) is 18.0 Å². The smallest absolute Gasteiger partial charge is 0.343 e. The summed E-state index contributed by atoms with van der Waals surface area (Å²) in [5, 5.41) is 0. The van der Waals surface area contributed by atoms with Gasteiger partial charge in [0.05, 0.1) is 12.3 Å². The molecule has 162 valence electrons. The van der Waals surface area contributed by atoms with Gasteiger partial charge in [-0.3, -0.25) is 4.98 Å². The number of rotatable bonds is 10. The molecule has 0 N–H and O–H groups in total. The van der Waals surface area contributed by atoms with Crippen molar-refractivity contribution in [3.8, 4) is 17.0 Å². The fourth-order valence-electron chi connectivity index (χ4n) is 3.59. The van der Waals surface area contributed by atoms with E-state index < -0.39 is 17.9 Å². The van der Waals surface area contributed by atoms with Crippen LogP contribution >= 0.6 is 0 Å². The van der Waals surface area contributed by atoms with Crippen molar-refractivity contribution in [1.82, 2.24) is 4.98 Å². The van der Waals surface area contributed by atoms with Gasteiger partial charge in [-0.15, -0.1) is 0 Å². The molecule has 1 aromatic heterocycles. The maximum Gasteiger partial charge on any atom is 0.343 e. The molecule has 1 aliphatic rings. The van der Waals surface area contributed by atoms with Crippen LogP contribution in [0.4, 0.5) is 0 Å². The lowest BCUT2D eigenvalue weighted by Crippen LogP contribution is -2.30. The Morgan fingerprint density at radius 3 is 2.57 bits per heavy atom. The number of benzene rings is 1. The number of ether oxygens (including phenoxy) is 3. The van der Waals surface area contributed by atoms with E-state index in [-0.39, 0.29) is 6.61 Å². The number of unbranched alkanes of at least 4 members (excludes halogenated alkanes) is 5. The van der Waals surface area contributed by atoms with E-state index in [4.69, 9.17) is 14.2 Å². The summed E-state index contributed by atoms with van der Waals surface area (Å²) < 4.78 is 16.7. The maximum atomic E-state index is 12.5. The summed E-state index contributed by atoms with van der Waals surface area (Å²) in [6, 6.07) is 11.6. The number of pyridine rings is 1. The van der Waals surface area contributed by atoms with Crippen molar-refractivity contribution in [2.24, 2.45) is 0 Å². The molecule has 2 aromatic rings. The Bertz CT molecular complexity index is 816. The fraction of sp³-hybridized carbons (Fsp3) is 0.520. The number of hydrogen-bond acceptors (Lipinski definition) is 5. The van der Waals surface area contributed by atoms with Crippen LogP contribution < -0.4 is 4.74 Å². The second-order valence-electron chi connectivity index (χ2n) is 8.30. The molecular formula is C25H33NO4. The zero-order valence-electron chi connectivity index (χ0n) is 18.4. The van der Waals surface area contributed by atoms with Crippen molar-refractivity contribution in [1.29, 1.82) is 0 Å². The summed E-state index contributed by atoms with van der Waals surface area (Å²) in [6.45, 7) is 6.00. The summed E-state index contributed by atoms with van der Waals surface area (Å²) >= 11 is 0. The topological polar surface area (TPSA) is 57.7 Å². The molecule has 1 saturated heterocycles. The van der Waals surface area contributed by atoms with Crippen LogP contribution in [-0.2, 0) is 20.7 Å². The van der Waals surface area contributed by atoms with Crippen LogP contribution in [0.3, 0.4) is 0 Å². The van der Waals surface area contributed by atoms with Crippen molar-refractivity contribution in [2.45, 2.75) is 77.6 Å². The van der Waals surface area contributed by atoms with Gasteiger partial charge in [-0.05, 0) is 50.5 Å². The molecule has 0 amide bonds. The van der Waals surface area contributed by atoms with Gasteiger partial charge in [0.15, 0.2) is 11.9 Å². The third-order valence-corrected chi connectivity index (χ3v) is 5.29. The highest BCUT2D eigenvalue weighted by Crippen LogP contribution is 2.30. The lowest BCUT2D eigenvalue weighted by Gasteiger charge is -2.17. The van der Waals surface area contributed by atoms with Gasteiger partial charge < -0.3 is 14.2 Å². The molecule has 5 heteroatoms. The van der Waals surface area contributed by atoms with Crippen LogP contribution in [0, 0.1) is 0 Å². The highest BCUT2D eigenvalue weighted by molar-refractivity contribution is 5.80. The molecule has 1 unspecified atom stereocenters. The van der Waals surface area contributed by atoms with E-state index in [0.29, 0.717) is 5.75 Å². The van der Waals surface area contributed by atoms with E-state index >= 15 is 0 Å². The molecule has 5 nitrogen and oxygen atoms in total. The largest absolute Gasteiger partial charge is 0.424 e.